The number of alkyl halides is 6. The monoisotopic (exact) mass is 635 g/mol. The Balaban J connectivity index is 0.000000402. The highest BCUT2D eigenvalue weighted by Crippen LogP contribution is 2.30. The number of pyridine rings is 1. The van der Waals surface area contributed by atoms with E-state index in [1.165, 1.54) is 5.56 Å². The van der Waals surface area contributed by atoms with Gasteiger partial charge in [0, 0.05) is 18.8 Å². The maximum absolute atomic E-state index is 13.1. The lowest BCUT2D eigenvalue weighted by Gasteiger charge is -2.43. The molecule has 0 radical (unpaired) electrons. The number of aliphatic carboxylic acids is 2. The number of carboxylic acids is 2. The van der Waals surface area contributed by atoms with E-state index in [1.807, 2.05) is 31.2 Å². The van der Waals surface area contributed by atoms with E-state index in [0.717, 1.165) is 30.6 Å². The van der Waals surface area contributed by atoms with Crippen LogP contribution in [0.4, 0.5) is 32.2 Å². The minimum absolute atomic E-state index is 0.0346. The van der Waals surface area contributed by atoms with Gasteiger partial charge in [-0.2, -0.15) is 26.3 Å². The molecule has 0 saturated carbocycles. The van der Waals surface area contributed by atoms with E-state index < -0.39 is 30.3 Å². The number of hydrogen-bond donors (Lipinski definition) is 5. The molecule has 1 aromatic heterocycles. The number of anilines is 1. The average Bonchev–Trinajstić information content (AvgIpc) is 2.92. The summed E-state index contributed by atoms with van der Waals surface area (Å²) in [6, 6.07) is 13.3. The number of hydrogen-bond acceptors (Lipinski definition) is 7. The zero-order valence-corrected chi connectivity index (χ0v) is 23.3. The lowest BCUT2D eigenvalue weighted by molar-refractivity contribution is -0.193. The Kier molecular flexibility index (Phi) is 12.5. The SMILES string of the molecule is Cc1nc(N)ccc1CNC(=O)[C@@H]1CCN1C(=O)[C@H]1C[C@@H](c2ccccc2)CCN1.O=C(O)C(F)(F)F.O=C(O)C(F)(F)F. The molecule has 6 N–H and O–H groups in total. The smallest absolute Gasteiger partial charge is 0.475 e. The predicted octanol–water partition coefficient (Wildman–Crippen LogP) is 2.99. The zero-order valence-electron chi connectivity index (χ0n) is 23.3. The summed E-state index contributed by atoms with van der Waals surface area (Å²) >= 11 is 0. The summed E-state index contributed by atoms with van der Waals surface area (Å²) in [6.45, 7) is 3.70. The Morgan fingerprint density at radius 3 is 2.02 bits per heavy atom. The number of benzene rings is 1. The summed E-state index contributed by atoms with van der Waals surface area (Å²) in [5.74, 6) is -4.75. The van der Waals surface area contributed by atoms with Crippen LogP contribution in [0.1, 0.15) is 42.0 Å². The first-order valence-electron chi connectivity index (χ1n) is 13.1. The molecule has 0 unspecified atom stereocenters. The second-order valence-corrected chi connectivity index (χ2v) is 9.78. The highest BCUT2D eigenvalue weighted by atomic mass is 19.4. The van der Waals surface area contributed by atoms with E-state index in [2.05, 4.69) is 27.8 Å². The van der Waals surface area contributed by atoms with Crippen molar-refractivity contribution in [2.75, 3.05) is 18.8 Å². The number of nitrogens with zero attached hydrogens (tertiary/aromatic N) is 2. The molecule has 3 heterocycles. The van der Waals surface area contributed by atoms with Crippen LogP contribution in [0.15, 0.2) is 42.5 Å². The van der Waals surface area contributed by atoms with Gasteiger partial charge in [-0.1, -0.05) is 36.4 Å². The van der Waals surface area contributed by atoms with Crippen molar-refractivity contribution in [1.29, 1.82) is 0 Å². The van der Waals surface area contributed by atoms with Crippen molar-refractivity contribution in [3.8, 4) is 0 Å². The molecule has 11 nitrogen and oxygen atoms in total. The van der Waals surface area contributed by atoms with Crippen molar-refractivity contribution in [2.45, 2.75) is 63.1 Å². The maximum atomic E-state index is 13.1. The zero-order chi connectivity index (χ0) is 33.2. The number of nitrogens with two attached hydrogens (primary N) is 1. The minimum atomic E-state index is -5.08. The summed E-state index contributed by atoms with van der Waals surface area (Å²) in [5.41, 5.74) is 8.69. The van der Waals surface area contributed by atoms with E-state index in [0.29, 0.717) is 31.2 Å². The quantitative estimate of drug-likeness (QED) is 0.310. The second-order valence-electron chi connectivity index (χ2n) is 9.78. The molecule has 2 fully saturated rings. The molecule has 0 spiro atoms. The van der Waals surface area contributed by atoms with Crippen LogP contribution in [0.25, 0.3) is 0 Å². The summed E-state index contributed by atoms with van der Waals surface area (Å²) in [7, 11) is 0. The van der Waals surface area contributed by atoms with E-state index in [1.54, 1.807) is 11.0 Å². The van der Waals surface area contributed by atoms with E-state index in [9.17, 15) is 35.9 Å². The summed E-state index contributed by atoms with van der Waals surface area (Å²) in [6.07, 6.45) is -7.68. The number of likely N-dealkylation sites (tertiary alicyclic amines) is 1. The van der Waals surface area contributed by atoms with Crippen LogP contribution < -0.4 is 16.4 Å². The van der Waals surface area contributed by atoms with Crippen LogP contribution in [0.3, 0.4) is 0 Å². The second kappa shape index (κ2) is 15.4. The third-order valence-corrected chi connectivity index (χ3v) is 6.73. The van der Waals surface area contributed by atoms with Gasteiger partial charge in [-0.25, -0.2) is 14.6 Å². The number of piperidine rings is 1. The van der Waals surface area contributed by atoms with Crippen molar-refractivity contribution in [3.63, 3.8) is 0 Å². The molecule has 2 saturated heterocycles. The van der Waals surface area contributed by atoms with Gasteiger partial charge in [0.1, 0.15) is 11.9 Å². The van der Waals surface area contributed by atoms with E-state index >= 15 is 0 Å². The molecule has 3 atom stereocenters. The first kappa shape index (κ1) is 35.8. The lowest BCUT2D eigenvalue weighted by atomic mass is 9.85. The number of amides is 2. The number of aryl methyl sites for hydroxylation is 1. The molecular formula is C27H31F6N5O6. The van der Waals surface area contributed by atoms with Crippen LogP contribution in [-0.2, 0) is 25.7 Å². The number of nitrogens with one attached hydrogen (secondary N) is 2. The lowest BCUT2D eigenvalue weighted by Crippen LogP contribution is -2.62. The standard InChI is InChI=1S/C23H29N5O2.2C2HF3O2/c1-15-18(7-8-21(24)27-15)14-26-22(29)20-10-12-28(20)23(30)19-13-17(9-11-25-19)16-5-3-2-4-6-16;2*3-2(4,5)1(6)7/h2-8,17,19-20,25H,9-14H2,1H3,(H2,24,27)(H,26,29);2*(H,6,7)/t17-,19+,20-;;/m0../s1. The highest BCUT2D eigenvalue weighted by molar-refractivity contribution is 5.91. The van der Waals surface area contributed by atoms with Crippen molar-refractivity contribution in [1.82, 2.24) is 20.5 Å². The van der Waals surface area contributed by atoms with Crippen molar-refractivity contribution < 1.29 is 55.7 Å². The average molecular weight is 636 g/mol. The fourth-order valence-corrected chi connectivity index (χ4v) is 4.35. The first-order valence-corrected chi connectivity index (χ1v) is 13.1. The van der Waals surface area contributed by atoms with Crippen LogP contribution in [0.2, 0.25) is 0 Å². The van der Waals surface area contributed by atoms with E-state index in [-0.39, 0.29) is 17.9 Å². The van der Waals surface area contributed by atoms with Crippen LogP contribution in [0, 0.1) is 6.92 Å². The topological polar surface area (TPSA) is 175 Å². The van der Waals surface area contributed by atoms with Crippen molar-refractivity contribution in [3.05, 3.63) is 59.3 Å². The summed E-state index contributed by atoms with van der Waals surface area (Å²) in [4.78, 5) is 49.5. The first-order chi connectivity index (χ1) is 20.4. The third kappa shape index (κ3) is 10.7. The Morgan fingerprint density at radius 1 is 0.977 bits per heavy atom. The predicted molar refractivity (Wildman–Crippen MR) is 143 cm³/mol. The number of halogens is 6. The number of carbonyl (C=O) groups excluding carboxylic acids is 2. The molecule has 0 bridgehead atoms. The molecule has 2 amide bonds. The Morgan fingerprint density at radius 2 is 1.55 bits per heavy atom. The molecule has 17 heteroatoms. The molecule has 242 valence electrons. The molecule has 0 aliphatic carbocycles. The molecule has 2 aromatic rings. The van der Waals surface area contributed by atoms with Gasteiger partial charge in [0.25, 0.3) is 0 Å². The molecule has 1 aromatic carbocycles. The number of carbonyl (C=O) groups is 4. The Labute approximate surface area is 247 Å². The van der Waals surface area contributed by atoms with Gasteiger partial charge in [-0.15, -0.1) is 0 Å². The number of rotatable bonds is 5. The fraction of sp³-hybridized carbons (Fsp3) is 0.444. The largest absolute Gasteiger partial charge is 0.490 e. The molecule has 4 rings (SSSR count). The minimum Gasteiger partial charge on any atom is -0.475 e. The normalized spacial score (nSPS) is 19.6. The van der Waals surface area contributed by atoms with Gasteiger partial charge in [0.05, 0.1) is 6.04 Å². The van der Waals surface area contributed by atoms with Gasteiger partial charge < -0.3 is 31.5 Å². The number of carboxylic acid groups (broad SMARTS) is 2. The van der Waals surface area contributed by atoms with Crippen LogP contribution >= 0.6 is 0 Å². The number of nitrogen functional groups attached to an aromatic ring is 1. The van der Waals surface area contributed by atoms with Gasteiger partial charge >= 0.3 is 24.3 Å². The van der Waals surface area contributed by atoms with Gasteiger partial charge in [0.2, 0.25) is 11.8 Å². The van der Waals surface area contributed by atoms with Gasteiger partial charge in [0.15, 0.2) is 0 Å². The molecule has 44 heavy (non-hydrogen) atoms. The summed E-state index contributed by atoms with van der Waals surface area (Å²) < 4.78 is 63.5. The van der Waals surface area contributed by atoms with Crippen molar-refractivity contribution >= 4 is 29.6 Å². The van der Waals surface area contributed by atoms with Crippen LogP contribution in [-0.4, -0.2) is 81.4 Å². The van der Waals surface area contributed by atoms with Crippen molar-refractivity contribution in [2.24, 2.45) is 0 Å². The highest BCUT2D eigenvalue weighted by Gasteiger charge is 2.41. The van der Waals surface area contributed by atoms with E-state index in [4.69, 9.17) is 25.5 Å². The van der Waals surface area contributed by atoms with Gasteiger partial charge in [-0.05, 0) is 55.8 Å². The number of aromatic nitrogens is 1. The van der Waals surface area contributed by atoms with Gasteiger partial charge in [-0.3, -0.25) is 9.59 Å². The Bertz CT molecular complexity index is 1280. The fourth-order valence-electron chi connectivity index (χ4n) is 4.35. The van der Waals surface area contributed by atoms with Crippen LogP contribution in [0.5, 0.6) is 0 Å². The Hall–Kier alpha value is -4.41. The molecule has 2 aliphatic rings. The third-order valence-electron chi connectivity index (χ3n) is 6.73. The maximum Gasteiger partial charge on any atom is 0.490 e. The molecular weight excluding hydrogens is 604 g/mol. The molecule has 2 aliphatic heterocycles. The summed E-state index contributed by atoms with van der Waals surface area (Å²) in [5, 5.41) is 20.6.